The summed E-state index contributed by atoms with van der Waals surface area (Å²) in [4.78, 5) is 12.1. The maximum atomic E-state index is 11.5. The van der Waals surface area contributed by atoms with Crippen molar-refractivity contribution in [3.63, 3.8) is 0 Å². The number of ether oxygens (including phenoxy) is 2. The molecule has 1 aromatic heterocycles. The van der Waals surface area contributed by atoms with Gasteiger partial charge in [0.15, 0.2) is 0 Å². The summed E-state index contributed by atoms with van der Waals surface area (Å²) >= 11 is 3.60. The summed E-state index contributed by atoms with van der Waals surface area (Å²) in [6.45, 7) is 2.59. The standard InChI is InChI=1S/C10H14INO3S/c1-6(5-14-2)12-7-4-8(11)16-9(7)10(13)15-3/h4,6,12H,5H2,1-3H3. The molecule has 6 heteroatoms. The van der Waals surface area contributed by atoms with Crippen molar-refractivity contribution in [2.24, 2.45) is 0 Å². The van der Waals surface area contributed by atoms with Gasteiger partial charge in [-0.15, -0.1) is 11.3 Å². The number of halogens is 1. The van der Waals surface area contributed by atoms with Gasteiger partial charge in [-0.05, 0) is 35.6 Å². The maximum Gasteiger partial charge on any atom is 0.350 e. The van der Waals surface area contributed by atoms with Gasteiger partial charge in [-0.1, -0.05) is 0 Å². The monoisotopic (exact) mass is 355 g/mol. The van der Waals surface area contributed by atoms with Crippen molar-refractivity contribution >= 4 is 45.6 Å². The number of hydrogen-bond acceptors (Lipinski definition) is 5. The second kappa shape index (κ2) is 6.41. The lowest BCUT2D eigenvalue weighted by atomic mass is 10.3. The molecule has 0 spiro atoms. The molecule has 0 bridgehead atoms. The molecule has 0 amide bonds. The van der Waals surface area contributed by atoms with E-state index in [0.717, 1.165) is 8.57 Å². The van der Waals surface area contributed by atoms with Gasteiger partial charge in [-0.25, -0.2) is 4.79 Å². The van der Waals surface area contributed by atoms with Gasteiger partial charge in [0.1, 0.15) is 4.88 Å². The van der Waals surface area contributed by atoms with Crippen LogP contribution in [-0.4, -0.2) is 32.8 Å². The summed E-state index contributed by atoms with van der Waals surface area (Å²) in [5.41, 5.74) is 0.811. The fraction of sp³-hybridized carbons (Fsp3) is 0.500. The smallest absolute Gasteiger partial charge is 0.350 e. The van der Waals surface area contributed by atoms with E-state index in [9.17, 15) is 4.79 Å². The average molecular weight is 355 g/mol. The lowest BCUT2D eigenvalue weighted by Gasteiger charge is -2.13. The van der Waals surface area contributed by atoms with Crippen molar-refractivity contribution < 1.29 is 14.3 Å². The number of methoxy groups -OCH3 is 2. The molecule has 1 N–H and O–H groups in total. The van der Waals surface area contributed by atoms with Crippen molar-refractivity contribution in [3.05, 3.63) is 13.8 Å². The average Bonchev–Trinajstić information content (AvgIpc) is 2.58. The molecule has 0 saturated heterocycles. The minimum Gasteiger partial charge on any atom is -0.465 e. The van der Waals surface area contributed by atoms with Gasteiger partial charge in [-0.3, -0.25) is 0 Å². The van der Waals surface area contributed by atoms with Crippen LogP contribution in [0.4, 0.5) is 5.69 Å². The summed E-state index contributed by atoms with van der Waals surface area (Å²) in [5.74, 6) is -0.306. The fourth-order valence-corrected chi connectivity index (χ4v) is 3.01. The van der Waals surface area contributed by atoms with E-state index < -0.39 is 0 Å². The predicted octanol–water partition coefficient (Wildman–Crippen LogP) is 2.59. The van der Waals surface area contributed by atoms with Crippen LogP contribution in [0.2, 0.25) is 0 Å². The molecule has 0 aliphatic heterocycles. The summed E-state index contributed by atoms with van der Waals surface area (Å²) in [6.07, 6.45) is 0. The van der Waals surface area contributed by atoms with Crippen LogP contribution in [-0.2, 0) is 9.47 Å². The number of esters is 1. The Morgan fingerprint density at radius 1 is 1.62 bits per heavy atom. The zero-order valence-corrected chi connectivity index (χ0v) is 12.3. The Morgan fingerprint density at radius 3 is 2.88 bits per heavy atom. The highest BCUT2D eigenvalue weighted by Crippen LogP contribution is 2.29. The van der Waals surface area contributed by atoms with Gasteiger partial charge < -0.3 is 14.8 Å². The fourth-order valence-electron chi connectivity index (χ4n) is 1.27. The first-order valence-corrected chi connectivity index (χ1v) is 6.61. The van der Waals surface area contributed by atoms with E-state index in [4.69, 9.17) is 9.47 Å². The van der Waals surface area contributed by atoms with E-state index >= 15 is 0 Å². The van der Waals surface area contributed by atoms with Gasteiger partial charge in [0, 0.05) is 13.2 Å². The van der Waals surface area contributed by atoms with Crippen LogP contribution < -0.4 is 5.32 Å². The Kier molecular flexibility index (Phi) is 5.50. The van der Waals surface area contributed by atoms with Crippen molar-refractivity contribution in [2.45, 2.75) is 13.0 Å². The summed E-state index contributed by atoms with van der Waals surface area (Å²) in [5, 5.41) is 3.23. The predicted molar refractivity (Wildman–Crippen MR) is 73.3 cm³/mol. The number of thiophene rings is 1. The molecule has 1 heterocycles. The van der Waals surface area contributed by atoms with E-state index in [1.54, 1.807) is 7.11 Å². The highest BCUT2D eigenvalue weighted by Gasteiger charge is 2.17. The Balaban J connectivity index is 2.82. The number of nitrogens with one attached hydrogen (secondary N) is 1. The molecule has 1 rings (SSSR count). The van der Waals surface area contributed by atoms with Crippen LogP contribution in [0.25, 0.3) is 0 Å². The van der Waals surface area contributed by atoms with Gasteiger partial charge in [-0.2, -0.15) is 0 Å². The van der Waals surface area contributed by atoms with Crippen LogP contribution in [0.3, 0.4) is 0 Å². The number of rotatable bonds is 5. The van der Waals surface area contributed by atoms with E-state index in [2.05, 4.69) is 27.9 Å². The molecule has 0 aliphatic carbocycles. The van der Waals surface area contributed by atoms with Crippen LogP contribution in [0.1, 0.15) is 16.6 Å². The lowest BCUT2D eigenvalue weighted by Crippen LogP contribution is -2.21. The van der Waals surface area contributed by atoms with Crippen molar-refractivity contribution in [1.82, 2.24) is 0 Å². The van der Waals surface area contributed by atoms with Crippen molar-refractivity contribution in [1.29, 1.82) is 0 Å². The number of carbonyl (C=O) groups excluding carboxylic acids is 1. The second-order valence-corrected chi connectivity index (χ2v) is 6.23. The third kappa shape index (κ3) is 3.60. The number of carbonyl (C=O) groups is 1. The van der Waals surface area contributed by atoms with Crippen molar-refractivity contribution in [2.75, 3.05) is 26.1 Å². The molecule has 0 aliphatic rings. The molecule has 1 unspecified atom stereocenters. The third-order valence-electron chi connectivity index (χ3n) is 1.89. The molecular weight excluding hydrogens is 341 g/mol. The Bertz CT molecular complexity index is 367. The molecule has 1 atom stereocenters. The highest BCUT2D eigenvalue weighted by molar-refractivity contribution is 14.1. The number of hydrogen-bond donors (Lipinski definition) is 1. The Morgan fingerprint density at radius 2 is 2.31 bits per heavy atom. The topological polar surface area (TPSA) is 47.6 Å². The maximum absolute atomic E-state index is 11.5. The lowest BCUT2D eigenvalue weighted by molar-refractivity contribution is 0.0607. The van der Waals surface area contributed by atoms with Crippen LogP contribution in [0.5, 0.6) is 0 Å². The summed E-state index contributed by atoms with van der Waals surface area (Å²) < 4.78 is 10.8. The van der Waals surface area contributed by atoms with Gasteiger partial charge in [0.25, 0.3) is 0 Å². The first-order chi connectivity index (χ1) is 7.58. The molecule has 0 aromatic carbocycles. The normalized spacial score (nSPS) is 12.2. The zero-order chi connectivity index (χ0) is 12.1. The third-order valence-corrected chi connectivity index (χ3v) is 3.77. The zero-order valence-electron chi connectivity index (χ0n) is 9.37. The molecule has 1 aromatic rings. The number of anilines is 1. The van der Waals surface area contributed by atoms with Crippen LogP contribution in [0.15, 0.2) is 6.07 Å². The minimum absolute atomic E-state index is 0.152. The van der Waals surface area contributed by atoms with Crippen LogP contribution >= 0.6 is 33.9 Å². The SMILES string of the molecule is COCC(C)Nc1cc(I)sc1C(=O)OC. The van der Waals surface area contributed by atoms with Crippen LogP contribution in [0, 0.1) is 2.88 Å². The highest BCUT2D eigenvalue weighted by atomic mass is 127. The van der Waals surface area contributed by atoms with E-state index in [1.165, 1.54) is 18.4 Å². The van der Waals surface area contributed by atoms with E-state index in [1.807, 2.05) is 13.0 Å². The van der Waals surface area contributed by atoms with Gasteiger partial charge in [0.2, 0.25) is 0 Å². The van der Waals surface area contributed by atoms with Gasteiger partial charge in [0.05, 0.1) is 22.3 Å². The van der Waals surface area contributed by atoms with Crippen molar-refractivity contribution in [3.8, 4) is 0 Å². The summed E-state index contributed by atoms with van der Waals surface area (Å²) in [6, 6.07) is 2.09. The Labute approximate surface area is 112 Å². The minimum atomic E-state index is -0.306. The molecule has 4 nitrogen and oxygen atoms in total. The first-order valence-electron chi connectivity index (χ1n) is 4.71. The molecule has 16 heavy (non-hydrogen) atoms. The molecule has 0 saturated carbocycles. The largest absolute Gasteiger partial charge is 0.465 e. The Hall–Kier alpha value is -0.340. The van der Waals surface area contributed by atoms with E-state index in [0.29, 0.717) is 11.5 Å². The van der Waals surface area contributed by atoms with Gasteiger partial charge >= 0.3 is 5.97 Å². The first kappa shape index (κ1) is 13.7. The molecule has 0 radical (unpaired) electrons. The molecular formula is C10H14INO3S. The second-order valence-electron chi connectivity index (χ2n) is 3.29. The molecule has 90 valence electrons. The molecule has 0 fully saturated rings. The quantitative estimate of drug-likeness (QED) is 0.652. The van der Waals surface area contributed by atoms with E-state index in [-0.39, 0.29) is 12.0 Å². The summed E-state index contributed by atoms with van der Waals surface area (Å²) in [7, 11) is 3.04.